The predicted molar refractivity (Wildman–Crippen MR) is 96.0 cm³/mol. The summed E-state index contributed by atoms with van der Waals surface area (Å²) in [4.78, 5) is 23.4. The number of aromatic nitrogens is 3. The quantitative estimate of drug-likeness (QED) is 0.394. The van der Waals surface area contributed by atoms with E-state index in [1.807, 2.05) is 0 Å². The van der Waals surface area contributed by atoms with Gasteiger partial charge in [0.2, 0.25) is 0 Å². The molecule has 4 N–H and O–H groups in total. The van der Waals surface area contributed by atoms with Crippen LogP contribution in [0.1, 0.15) is 17.3 Å². The lowest BCUT2D eigenvalue weighted by atomic mass is 10.2. The molecule has 1 aromatic heterocycles. The maximum Gasteiger partial charge on any atom is 0.338 e. The van der Waals surface area contributed by atoms with Crippen molar-refractivity contribution in [1.82, 2.24) is 15.2 Å². The highest BCUT2D eigenvalue weighted by atomic mass is 32.2. The Morgan fingerprint density at radius 3 is 2.71 bits per heavy atom. The van der Waals surface area contributed by atoms with Crippen LogP contribution >= 0.6 is 0 Å². The summed E-state index contributed by atoms with van der Waals surface area (Å²) >= 11 is 0. The van der Waals surface area contributed by atoms with Crippen molar-refractivity contribution in [3.05, 3.63) is 48.0 Å². The van der Waals surface area contributed by atoms with Crippen molar-refractivity contribution in [1.29, 1.82) is 0 Å². The molecule has 11 nitrogen and oxygen atoms in total. The van der Waals surface area contributed by atoms with Gasteiger partial charge in [0.15, 0.2) is 6.10 Å². The van der Waals surface area contributed by atoms with Gasteiger partial charge in [0.1, 0.15) is 11.0 Å². The van der Waals surface area contributed by atoms with E-state index in [9.17, 15) is 23.2 Å². The summed E-state index contributed by atoms with van der Waals surface area (Å²) in [5.41, 5.74) is 5.60. The first-order valence-corrected chi connectivity index (χ1v) is 9.33. The number of nitrogens with one attached hydrogen (secondary N) is 1. The van der Waals surface area contributed by atoms with E-state index in [2.05, 4.69) is 15.0 Å². The van der Waals surface area contributed by atoms with E-state index >= 15 is 0 Å². The highest BCUT2D eigenvalue weighted by Gasteiger charge is 2.19. The molecular weight excluding hydrogens is 390 g/mol. The number of primary amides is 1. The molecule has 0 bridgehead atoms. The molecule has 0 aliphatic carbocycles. The third kappa shape index (κ3) is 3.86. The number of esters is 1. The number of hydrogen-bond donors (Lipinski definition) is 3. The lowest BCUT2D eigenvalue weighted by Crippen LogP contribution is -2.30. The second kappa shape index (κ2) is 7.15. The van der Waals surface area contributed by atoms with Gasteiger partial charge in [-0.05, 0) is 48.5 Å². The molecule has 0 spiro atoms. The molecule has 1 amide bonds. The maximum atomic E-state index is 12.6. The van der Waals surface area contributed by atoms with Gasteiger partial charge in [0, 0.05) is 5.69 Å². The molecule has 12 heteroatoms. The van der Waals surface area contributed by atoms with Gasteiger partial charge in [-0.25, -0.2) is 13.2 Å². The number of sulfonamides is 1. The fourth-order valence-electron chi connectivity index (χ4n) is 2.26. The molecule has 0 aliphatic heterocycles. The van der Waals surface area contributed by atoms with Gasteiger partial charge in [0.05, 0.1) is 10.5 Å². The maximum absolute atomic E-state index is 12.6. The number of carbonyl (C=O) groups excluding carboxylic acids is 2. The van der Waals surface area contributed by atoms with Crippen molar-refractivity contribution in [2.75, 3.05) is 4.72 Å². The Morgan fingerprint density at radius 1 is 1.25 bits per heavy atom. The lowest BCUT2D eigenvalue weighted by molar-refractivity contribution is -0.125. The Balaban J connectivity index is 1.84. The van der Waals surface area contributed by atoms with Gasteiger partial charge < -0.3 is 15.7 Å². The van der Waals surface area contributed by atoms with E-state index < -0.39 is 28.0 Å². The van der Waals surface area contributed by atoms with Crippen molar-refractivity contribution in [3.8, 4) is 0 Å². The van der Waals surface area contributed by atoms with Crippen molar-refractivity contribution < 1.29 is 28.0 Å². The second-order valence-electron chi connectivity index (χ2n) is 5.77. The van der Waals surface area contributed by atoms with Gasteiger partial charge in [-0.1, -0.05) is 10.9 Å². The summed E-state index contributed by atoms with van der Waals surface area (Å²) in [6.45, 7) is 1.32. The Hall–Kier alpha value is -3.67. The number of anilines is 1. The largest absolute Gasteiger partial charge is 0.449 e. The van der Waals surface area contributed by atoms with Crippen LogP contribution in [-0.4, -0.2) is 46.8 Å². The minimum absolute atomic E-state index is 0.0291. The zero-order valence-corrected chi connectivity index (χ0v) is 15.3. The third-order valence-electron chi connectivity index (χ3n) is 3.74. The standard InChI is InChI=1S/C16H15N5O6S/c1-9(15(17)22)27-16(23)10-3-2-4-11(7-10)19-28(25,26)12-5-6-13-14(8-12)21(24)20-18-13/h2-9,19,24H,1H3,(H2,17,22)/t9-/m0/s1. The van der Waals surface area contributed by atoms with Crippen LogP contribution in [0, 0.1) is 0 Å². The molecule has 3 aromatic rings. The summed E-state index contributed by atoms with van der Waals surface area (Å²) in [5.74, 6) is -1.64. The Bertz CT molecular complexity index is 1170. The fraction of sp³-hybridized carbons (Fsp3) is 0.125. The number of amides is 1. The van der Waals surface area contributed by atoms with E-state index in [1.54, 1.807) is 0 Å². The lowest BCUT2D eigenvalue weighted by Gasteiger charge is -2.11. The number of hydrogen-bond acceptors (Lipinski definition) is 8. The molecule has 0 fully saturated rings. The topological polar surface area (TPSA) is 166 Å². The number of rotatable bonds is 6. The summed E-state index contributed by atoms with van der Waals surface area (Å²) in [6.07, 6.45) is -1.13. The molecule has 3 rings (SSSR count). The highest BCUT2D eigenvalue weighted by molar-refractivity contribution is 7.92. The average Bonchev–Trinajstić information content (AvgIpc) is 3.02. The van der Waals surface area contributed by atoms with Crippen LogP contribution in [-0.2, 0) is 19.6 Å². The molecular formula is C16H15N5O6S. The summed E-state index contributed by atoms with van der Waals surface area (Å²) < 4.78 is 32.4. The predicted octanol–water partition coefficient (Wildman–Crippen LogP) is 0.500. The van der Waals surface area contributed by atoms with Crippen LogP contribution in [0.15, 0.2) is 47.4 Å². The zero-order chi connectivity index (χ0) is 20.5. The van der Waals surface area contributed by atoms with Crippen molar-refractivity contribution >= 4 is 38.6 Å². The molecule has 0 radical (unpaired) electrons. The average molecular weight is 405 g/mol. The van der Waals surface area contributed by atoms with Crippen LogP contribution in [0.2, 0.25) is 0 Å². The fourth-order valence-corrected chi connectivity index (χ4v) is 3.33. The van der Waals surface area contributed by atoms with Crippen molar-refractivity contribution in [3.63, 3.8) is 0 Å². The van der Waals surface area contributed by atoms with E-state index in [1.165, 1.54) is 49.4 Å². The van der Waals surface area contributed by atoms with Crippen LogP contribution in [0.5, 0.6) is 0 Å². The highest BCUT2D eigenvalue weighted by Crippen LogP contribution is 2.21. The van der Waals surface area contributed by atoms with Crippen LogP contribution < -0.4 is 10.5 Å². The molecule has 28 heavy (non-hydrogen) atoms. The number of benzene rings is 2. The second-order valence-corrected chi connectivity index (χ2v) is 7.45. The molecule has 1 atom stereocenters. The molecule has 0 saturated heterocycles. The molecule has 0 aliphatic rings. The smallest absolute Gasteiger partial charge is 0.338 e. The van der Waals surface area contributed by atoms with E-state index in [0.29, 0.717) is 10.4 Å². The monoisotopic (exact) mass is 405 g/mol. The zero-order valence-electron chi connectivity index (χ0n) is 14.4. The van der Waals surface area contributed by atoms with E-state index in [4.69, 9.17) is 10.5 Å². The van der Waals surface area contributed by atoms with E-state index in [-0.39, 0.29) is 21.7 Å². The molecule has 2 aromatic carbocycles. The Labute approximate surface area is 158 Å². The van der Waals surface area contributed by atoms with Gasteiger partial charge in [-0.3, -0.25) is 9.52 Å². The molecule has 0 unspecified atom stereocenters. The molecule has 0 saturated carbocycles. The van der Waals surface area contributed by atoms with Crippen molar-refractivity contribution in [2.24, 2.45) is 5.73 Å². The molecule has 1 heterocycles. The van der Waals surface area contributed by atoms with Crippen LogP contribution in [0.3, 0.4) is 0 Å². The number of nitrogens with zero attached hydrogens (tertiary/aromatic N) is 3. The minimum atomic E-state index is -4.03. The van der Waals surface area contributed by atoms with Gasteiger partial charge in [-0.15, -0.1) is 5.10 Å². The minimum Gasteiger partial charge on any atom is -0.449 e. The van der Waals surface area contributed by atoms with Crippen LogP contribution in [0.4, 0.5) is 5.69 Å². The number of ether oxygens (including phenoxy) is 1. The summed E-state index contributed by atoms with van der Waals surface area (Å²) in [5, 5.41) is 16.6. The SMILES string of the molecule is C[C@H](OC(=O)c1cccc(NS(=O)(=O)c2ccc3nnn(O)c3c2)c1)C(N)=O. The summed E-state index contributed by atoms with van der Waals surface area (Å²) in [7, 11) is -4.03. The van der Waals surface area contributed by atoms with Gasteiger partial charge in [-0.2, -0.15) is 0 Å². The normalized spacial score (nSPS) is 12.5. The van der Waals surface area contributed by atoms with Gasteiger partial charge in [0.25, 0.3) is 15.9 Å². The van der Waals surface area contributed by atoms with E-state index in [0.717, 1.165) is 0 Å². The van der Waals surface area contributed by atoms with Gasteiger partial charge >= 0.3 is 5.97 Å². The number of fused-ring (bicyclic) bond motifs is 1. The number of nitrogens with two attached hydrogens (primary N) is 1. The first-order valence-electron chi connectivity index (χ1n) is 7.85. The first kappa shape index (κ1) is 19.1. The third-order valence-corrected chi connectivity index (χ3v) is 5.12. The van der Waals surface area contributed by atoms with Crippen LogP contribution in [0.25, 0.3) is 11.0 Å². The number of carbonyl (C=O) groups is 2. The Kier molecular flexibility index (Phi) is 4.88. The summed E-state index contributed by atoms with van der Waals surface area (Å²) in [6, 6.07) is 9.42. The molecule has 146 valence electrons. The van der Waals surface area contributed by atoms with Crippen molar-refractivity contribution in [2.45, 2.75) is 17.9 Å². The Morgan fingerprint density at radius 2 is 2.00 bits per heavy atom. The first-order chi connectivity index (χ1) is 13.2.